The predicted molar refractivity (Wildman–Crippen MR) is 44.3 cm³/mol. The van der Waals surface area contributed by atoms with Crippen LogP contribution in [0.1, 0.15) is 6.42 Å². The summed E-state index contributed by atoms with van der Waals surface area (Å²) in [6.45, 7) is 4.28. The molecule has 0 aliphatic carbocycles. The number of carboxylic acids is 1. The fourth-order valence-corrected chi connectivity index (χ4v) is 1.12. The van der Waals surface area contributed by atoms with Crippen LogP contribution >= 0.6 is 0 Å². The van der Waals surface area contributed by atoms with Gasteiger partial charge >= 0.3 is 12.1 Å². The maximum Gasteiger partial charge on any atom is 0.410 e. The monoisotopic (exact) mass is 185 g/mol. The molecule has 5 heteroatoms. The second-order valence-corrected chi connectivity index (χ2v) is 2.73. The number of hydrogen-bond acceptors (Lipinski definition) is 3. The lowest BCUT2D eigenvalue weighted by Crippen LogP contribution is -2.44. The number of ether oxygens (including phenoxy) is 1. The van der Waals surface area contributed by atoms with E-state index < -0.39 is 18.2 Å². The molecule has 1 saturated heterocycles. The van der Waals surface area contributed by atoms with Crippen LogP contribution in [0.4, 0.5) is 4.79 Å². The average Bonchev–Trinajstić information content (AvgIpc) is 2.08. The first kappa shape index (κ1) is 9.57. The number of cyclic esters (lactones) is 1. The molecule has 72 valence electrons. The molecule has 0 aromatic rings. The van der Waals surface area contributed by atoms with Gasteiger partial charge in [-0.1, -0.05) is 6.08 Å². The van der Waals surface area contributed by atoms with E-state index in [0.29, 0.717) is 19.5 Å². The van der Waals surface area contributed by atoms with E-state index in [4.69, 9.17) is 5.11 Å². The van der Waals surface area contributed by atoms with E-state index in [1.807, 2.05) is 0 Å². The Labute approximate surface area is 75.6 Å². The van der Waals surface area contributed by atoms with E-state index in [2.05, 4.69) is 11.3 Å². The lowest BCUT2D eigenvalue weighted by molar-refractivity contribution is -0.149. The minimum Gasteiger partial charge on any atom is -0.479 e. The molecule has 1 heterocycles. The fraction of sp³-hybridized carbons (Fsp3) is 0.500. The van der Waals surface area contributed by atoms with Gasteiger partial charge in [0.1, 0.15) is 0 Å². The van der Waals surface area contributed by atoms with Gasteiger partial charge in [0.25, 0.3) is 0 Å². The molecule has 1 amide bonds. The molecule has 1 aliphatic rings. The zero-order valence-electron chi connectivity index (χ0n) is 7.10. The molecule has 13 heavy (non-hydrogen) atoms. The standard InChI is InChI=1S/C8H11NO4/c1-2-4-9-5-3-6(7(10)11)13-8(9)12/h2,6H,1,3-5H2,(H,10,11). The first-order valence-electron chi connectivity index (χ1n) is 3.94. The van der Waals surface area contributed by atoms with Crippen LogP contribution in [0.25, 0.3) is 0 Å². The van der Waals surface area contributed by atoms with Crippen LogP contribution in [0.5, 0.6) is 0 Å². The summed E-state index contributed by atoms with van der Waals surface area (Å²) in [6, 6.07) is 0. The molecular formula is C8H11NO4. The van der Waals surface area contributed by atoms with E-state index in [-0.39, 0.29) is 0 Å². The Hall–Kier alpha value is -1.52. The van der Waals surface area contributed by atoms with Crippen molar-refractivity contribution in [3.63, 3.8) is 0 Å². The third-order valence-electron chi connectivity index (χ3n) is 1.79. The molecule has 1 aliphatic heterocycles. The van der Waals surface area contributed by atoms with Gasteiger partial charge in [0.15, 0.2) is 0 Å². The van der Waals surface area contributed by atoms with Crippen molar-refractivity contribution in [3.05, 3.63) is 12.7 Å². The molecule has 0 bridgehead atoms. The van der Waals surface area contributed by atoms with Gasteiger partial charge in [-0.2, -0.15) is 0 Å². The highest BCUT2D eigenvalue weighted by molar-refractivity contribution is 5.78. The molecule has 0 saturated carbocycles. The quantitative estimate of drug-likeness (QED) is 0.649. The van der Waals surface area contributed by atoms with Crippen molar-refractivity contribution in [2.45, 2.75) is 12.5 Å². The summed E-state index contributed by atoms with van der Waals surface area (Å²) in [4.78, 5) is 22.9. The number of carbonyl (C=O) groups excluding carboxylic acids is 1. The van der Waals surface area contributed by atoms with Gasteiger partial charge in [-0.3, -0.25) is 0 Å². The Kier molecular flexibility index (Phi) is 2.89. The largest absolute Gasteiger partial charge is 0.479 e. The molecule has 1 N–H and O–H groups in total. The minimum atomic E-state index is -1.09. The van der Waals surface area contributed by atoms with Crippen molar-refractivity contribution >= 4 is 12.1 Å². The molecule has 1 rings (SSSR count). The summed E-state index contributed by atoms with van der Waals surface area (Å²) in [6.07, 6.45) is 0.323. The molecule has 5 nitrogen and oxygen atoms in total. The number of amides is 1. The Morgan fingerprint density at radius 3 is 3.00 bits per heavy atom. The average molecular weight is 185 g/mol. The first-order valence-corrected chi connectivity index (χ1v) is 3.94. The summed E-state index contributed by atoms with van der Waals surface area (Å²) < 4.78 is 4.65. The molecule has 0 aromatic carbocycles. The van der Waals surface area contributed by atoms with Crippen LogP contribution < -0.4 is 0 Å². The maximum absolute atomic E-state index is 11.1. The summed E-state index contributed by atoms with van der Waals surface area (Å²) >= 11 is 0. The lowest BCUT2D eigenvalue weighted by atomic mass is 10.2. The number of rotatable bonds is 3. The Morgan fingerprint density at radius 2 is 2.54 bits per heavy atom. The van der Waals surface area contributed by atoms with E-state index >= 15 is 0 Å². The van der Waals surface area contributed by atoms with Crippen molar-refractivity contribution in [2.24, 2.45) is 0 Å². The van der Waals surface area contributed by atoms with Crippen molar-refractivity contribution in [3.8, 4) is 0 Å². The highest BCUT2D eigenvalue weighted by atomic mass is 16.6. The van der Waals surface area contributed by atoms with Crippen molar-refractivity contribution in [2.75, 3.05) is 13.1 Å². The second kappa shape index (κ2) is 3.93. The van der Waals surface area contributed by atoms with Crippen LogP contribution in [0.15, 0.2) is 12.7 Å². The summed E-state index contributed by atoms with van der Waals surface area (Å²) in [5.74, 6) is -1.09. The number of carbonyl (C=O) groups is 2. The SMILES string of the molecule is C=CCN1CCC(C(=O)O)OC1=O. The molecule has 0 radical (unpaired) electrons. The topological polar surface area (TPSA) is 66.8 Å². The smallest absolute Gasteiger partial charge is 0.410 e. The van der Waals surface area contributed by atoms with Crippen molar-refractivity contribution < 1.29 is 19.4 Å². The van der Waals surface area contributed by atoms with Crippen LogP contribution in [0.2, 0.25) is 0 Å². The Bertz CT molecular complexity index is 238. The van der Waals surface area contributed by atoms with Gasteiger partial charge in [0, 0.05) is 19.5 Å². The lowest BCUT2D eigenvalue weighted by Gasteiger charge is -2.28. The first-order chi connectivity index (χ1) is 6.15. The van der Waals surface area contributed by atoms with Gasteiger partial charge in [0.05, 0.1) is 0 Å². The molecular weight excluding hydrogens is 174 g/mol. The Morgan fingerprint density at radius 1 is 1.85 bits per heavy atom. The normalized spacial score (nSPS) is 22.3. The van der Waals surface area contributed by atoms with Crippen molar-refractivity contribution in [1.29, 1.82) is 0 Å². The molecule has 1 atom stereocenters. The van der Waals surface area contributed by atoms with E-state index in [1.54, 1.807) is 6.08 Å². The number of hydrogen-bond donors (Lipinski definition) is 1. The number of carboxylic acid groups (broad SMARTS) is 1. The Balaban J connectivity index is 2.51. The zero-order valence-corrected chi connectivity index (χ0v) is 7.10. The highest BCUT2D eigenvalue weighted by Crippen LogP contribution is 2.11. The van der Waals surface area contributed by atoms with Gasteiger partial charge in [-0.15, -0.1) is 6.58 Å². The van der Waals surface area contributed by atoms with E-state index in [1.165, 1.54) is 4.90 Å². The van der Waals surface area contributed by atoms with Crippen LogP contribution in [-0.2, 0) is 9.53 Å². The predicted octanol–water partition coefficient (Wildman–Crippen LogP) is 0.468. The van der Waals surface area contributed by atoms with Gasteiger partial charge < -0.3 is 14.7 Å². The highest BCUT2D eigenvalue weighted by Gasteiger charge is 2.30. The summed E-state index contributed by atoms with van der Waals surface area (Å²) in [5.41, 5.74) is 0. The zero-order chi connectivity index (χ0) is 9.84. The third-order valence-corrected chi connectivity index (χ3v) is 1.79. The fourth-order valence-electron chi connectivity index (χ4n) is 1.12. The third kappa shape index (κ3) is 2.21. The molecule has 0 aromatic heterocycles. The number of aliphatic carboxylic acids is 1. The van der Waals surface area contributed by atoms with Crippen molar-refractivity contribution in [1.82, 2.24) is 4.90 Å². The molecule has 1 fully saturated rings. The maximum atomic E-state index is 11.1. The van der Waals surface area contributed by atoms with Gasteiger partial charge in [-0.05, 0) is 0 Å². The molecule has 0 spiro atoms. The van der Waals surface area contributed by atoms with Gasteiger partial charge in [0.2, 0.25) is 6.10 Å². The summed E-state index contributed by atoms with van der Waals surface area (Å²) in [5, 5.41) is 8.56. The summed E-state index contributed by atoms with van der Waals surface area (Å²) in [7, 11) is 0. The van der Waals surface area contributed by atoms with Gasteiger partial charge in [-0.25, -0.2) is 9.59 Å². The van der Waals surface area contributed by atoms with Crippen LogP contribution in [0.3, 0.4) is 0 Å². The minimum absolute atomic E-state index is 0.328. The second-order valence-electron chi connectivity index (χ2n) is 2.73. The number of nitrogens with zero attached hydrogens (tertiary/aromatic N) is 1. The van der Waals surface area contributed by atoms with E-state index in [0.717, 1.165) is 0 Å². The van der Waals surface area contributed by atoms with Crippen LogP contribution in [-0.4, -0.2) is 41.3 Å². The van der Waals surface area contributed by atoms with E-state index in [9.17, 15) is 9.59 Å². The molecule has 1 unspecified atom stereocenters. The van der Waals surface area contributed by atoms with Crippen LogP contribution in [0, 0.1) is 0 Å².